The quantitative estimate of drug-likeness (QED) is 0.760. The van der Waals surface area contributed by atoms with Gasteiger partial charge in [-0.05, 0) is 24.0 Å². The first kappa shape index (κ1) is 16.3. The van der Waals surface area contributed by atoms with Gasteiger partial charge in [-0.25, -0.2) is 0 Å². The average Bonchev–Trinajstić information content (AvgIpc) is 2.39. The van der Waals surface area contributed by atoms with E-state index in [0.717, 1.165) is 16.3 Å². The van der Waals surface area contributed by atoms with Gasteiger partial charge < -0.3 is 15.8 Å². The molecule has 19 heavy (non-hydrogen) atoms. The van der Waals surface area contributed by atoms with E-state index in [-0.39, 0.29) is 18.4 Å². The minimum Gasteiger partial charge on any atom is -0.380 e. The first-order valence-electron chi connectivity index (χ1n) is 6.05. The van der Waals surface area contributed by atoms with Crippen molar-refractivity contribution in [2.45, 2.75) is 24.3 Å². The summed E-state index contributed by atoms with van der Waals surface area (Å²) in [5, 5.41) is 3.45. The number of carbonyl (C=O) groups is 1. The van der Waals surface area contributed by atoms with Gasteiger partial charge in [0.05, 0.1) is 18.2 Å². The van der Waals surface area contributed by atoms with E-state index >= 15 is 0 Å². The fourth-order valence-electron chi connectivity index (χ4n) is 1.55. The Morgan fingerprint density at radius 1 is 1.58 bits per heavy atom. The third-order valence-corrected chi connectivity index (χ3v) is 3.72. The van der Waals surface area contributed by atoms with Crippen molar-refractivity contribution < 1.29 is 9.53 Å². The molecule has 0 saturated carbocycles. The SMILES string of the molecule is CCSc1ccc(Cl)cc1NC(=O)CC(CN)OC. The van der Waals surface area contributed by atoms with Crippen LogP contribution in [0.4, 0.5) is 5.69 Å². The number of nitrogens with one attached hydrogen (secondary N) is 1. The van der Waals surface area contributed by atoms with Gasteiger partial charge in [-0.15, -0.1) is 11.8 Å². The Labute approximate surface area is 123 Å². The van der Waals surface area contributed by atoms with Crippen molar-refractivity contribution >= 4 is 35.0 Å². The van der Waals surface area contributed by atoms with Crippen molar-refractivity contribution in [1.82, 2.24) is 0 Å². The molecule has 3 N–H and O–H groups in total. The number of nitrogens with two attached hydrogens (primary N) is 1. The molecule has 0 aliphatic heterocycles. The van der Waals surface area contributed by atoms with Crippen LogP contribution in [-0.2, 0) is 9.53 Å². The number of benzene rings is 1. The van der Waals surface area contributed by atoms with Gasteiger partial charge in [0.15, 0.2) is 0 Å². The van der Waals surface area contributed by atoms with E-state index in [2.05, 4.69) is 12.2 Å². The molecule has 0 aromatic heterocycles. The highest BCUT2D eigenvalue weighted by Crippen LogP contribution is 2.30. The maximum Gasteiger partial charge on any atom is 0.227 e. The van der Waals surface area contributed by atoms with Crippen LogP contribution in [0.5, 0.6) is 0 Å². The van der Waals surface area contributed by atoms with Gasteiger partial charge in [0.25, 0.3) is 0 Å². The van der Waals surface area contributed by atoms with Crippen LogP contribution in [0.1, 0.15) is 13.3 Å². The maximum atomic E-state index is 11.9. The Morgan fingerprint density at radius 3 is 2.89 bits per heavy atom. The predicted octanol–water partition coefficient (Wildman–Crippen LogP) is 2.75. The molecular weight excluding hydrogens is 284 g/mol. The summed E-state index contributed by atoms with van der Waals surface area (Å²) < 4.78 is 5.09. The number of rotatable bonds is 7. The van der Waals surface area contributed by atoms with Gasteiger partial charge in [-0.1, -0.05) is 18.5 Å². The molecular formula is C13H19ClN2O2S. The summed E-state index contributed by atoms with van der Waals surface area (Å²) in [4.78, 5) is 12.9. The molecule has 0 heterocycles. The van der Waals surface area contributed by atoms with E-state index < -0.39 is 0 Å². The van der Waals surface area contributed by atoms with Crippen molar-refractivity contribution in [2.75, 3.05) is 24.7 Å². The first-order valence-corrected chi connectivity index (χ1v) is 7.42. The third kappa shape index (κ3) is 5.40. The number of hydrogen-bond donors (Lipinski definition) is 2. The summed E-state index contributed by atoms with van der Waals surface area (Å²) in [5.74, 6) is 0.797. The molecule has 0 aliphatic rings. The molecule has 0 spiro atoms. The largest absolute Gasteiger partial charge is 0.380 e. The van der Waals surface area contributed by atoms with E-state index in [4.69, 9.17) is 22.1 Å². The fraction of sp³-hybridized carbons (Fsp3) is 0.462. The molecule has 1 amide bonds. The molecule has 6 heteroatoms. The summed E-state index contributed by atoms with van der Waals surface area (Å²) in [7, 11) is 1.54. The van der Waals surface area contributed by atoms with Crippen molar-refractivity contribution in [2.24, 2.45) is 5.73 Å². The van der Waals surface area contributed by atoms with E-state index in [1.54, 1.807) is 24.9 Å². The fourth-order valence-corrected chi connectivity index (χ4v) is 2.46. The molecule has 1 aromatic rings. The van der Waals surface area contributed by atoms with Gasteiger partial charge in [0.1, 0.15) is 0 Å². The summed E-state index contributed by atoms with van der Waals surface area (Å²) in [6, 6.07) is 5.47. The van der Waals surface area contributed by atoms with Crippen molar-refractivity contribution in [3.63, 3.8) is 0 Å². The van der Waals surface area contributed by atoms with Crippen LogP contribution in [0.3, 0.4) is 0 Å². The molecule has 1 rings (SSSR count). The molecule has 0 radical (unpaired) electrons. The van der Waals surface area contributed by atoms with Crippen LogP contribution in [-0.4, -0.2) is 31.4 Å². The summed E-state index contributed by atoms with van der Waals surface area (Å²) in [6.45, 7) is 2.37. The molecule has 1 atom stereocenters. The smallest absolute Gasteiger partial charge is 0.227 e. The lowest BCUT2D eigenvalue weighted by Crippen LogP contribution is -2.28. The van der Waals surface area contributed by atoms with Crippen LogP contribution >= 0.6 is 23.4 Å². The Balaban J connectivity index is 2.74. The lowest BCUT2D eigenvalue weighted by atomic mass is 10.2. The van der Waals surface area contributed by atoms with Crippen LogP contribution in [0, 0.1) is 0 Å². The van der Waals surface area contributed by atoms with Gasteiger partial charge >= 0.3 is 0 Å². The zero-order valence-corrected chi connectivity index (χ0v) is 12.7. The molecule has 0 aliphatic carbocycles. The molecule has 4 nitrogen and oxygen atoms in total. The third-order valence-electron chi connectivity index (χ3n) is 2.52. The lowest BCUT2D eigenvalue weighted by molar-refractivity contribution is -0.118. The standard InChI is InChI=1S/C13H19ClN2O2S/c1-3-19-12-5-4-9(14)6-11(12)16-13(17)7-10(8-15)18-2/h4-6,10H,3,7-8,15H2,1-2H3,(H,16,17). The second-order valence-electron chi connectivity index (χ2n) is 3.92. The molecule has 0 saturated heterocycles. The van der Waals surface area contributed by atoms with Crippen LogP contribution in [0.2, 0.25) is 5.02 Å². The summed E-state index contributed by atoms with van der Waals surface area (Å²) in [6.07, 6.45) is -0.0306. The summed E-state index contributed by atoms with van der Waals surface area (Å²) in [5.41, 5.74) is 6.23. The molecule has 0 fully saturated rings. The van der Waals surface area contributed by atoms with Crippen LogP contribution in [0.25, 0.3) is 0 Å². The zero-order chi connectivity index (χ0) is 14.3. The van der Waals surface area contributed by atoms with Crippen molar-refractivity contribution in [3.05, 3.63) is 23.2 Å². The molecule has 1 unspecified atom stereocenters. The second kappa shape index (κ2) is 8.43. The maximum absolute atomic E-state index is 11.9. The topological polar surface area (TPSA) is 64.4 Å². The number of amides is 1. The molecule has 0 bridgehead atoms. The zero-order valence-electron chi connectivity index (χ0n) is 11.1. The number of methoxy groups -OCH3 is 1. The number of thioether (sulfide) groups is 1. The van der Waals surface area contributed by atoms with E-state index in [1.165, 1.54) is 0 Å². The highest BCUT2D eigenvalue weighted by atomic mass is 35.5. The number of hydrogen-bond acceptors (Lipinski definition) is 4. The highest BCUT2D eigenvalue weighted by molar-refractivity contribution is 7.99. The first-order chi connectivity index (χ1) is 9.10. The monoisotopic (exact) mass is 302 g/mol. The Bertz CT molecular complexity index is 425. The van der Waals surface area contributed by atoms with E-state index in [9.17, 15) is 4.79 Å². The molecule has 106 valence electrons. The Kier molecular flexibility index (Phi) is 7.23. The van der Waals surface area contributed by atoms with Gasteiger partial charge in [-0.2, -0.15) is 0 Å². The number of anilines is 1. The lowest BCUT2D eigenvalue weighted by Gasteiger charge is -2.14. The summed E-state index contributed by atoms with van der Waals surface area (Å²) >= 11 is 7.61. The minimum atomic E-state index is -0.263. The minimum absolute atomic E-state index is 0.127. The normalized spacial score (nSPS) is 12.2. The predicted molar refractivity (Wildman–Crippen MR) is 80.9 cm³/mol. The van der Waals surface area contributed by atoms with Crippen LogP contribution in [0.15, 0.2) is 23.1 Å². The van der Waals surface area contributed by atoms with Gasteiger partial charge in [-0.3, -0.25) is 4.79 Å². The van der Waals surface area contributed by atoms with Gasteiger partial charge in [0, 0.05) is 23.6 Å². The Hall–Kier alpha value is -0.750. The van der Waals surface area contributed by atoms with Gasteiger partial charge in [0.2, 0.25) is 5.91 Å². The van der Waals surface area contributed by atoms with Crippen molar-refractivity contribution in [3.8, 4) is 0 Å². The second-order valence-corrected chi connectivity index (χ2v) is 5.66. The number of carbonyl (C=O) groups excluding carboxylic acids is 1. The Morgan fingerprint density at radius 2 is 2.32 bits per heavy atom. The molecule has 1 aromatic carbocycles. The van der Waals surface area contributed by atoms with E-state index in [1.807, 2.05) is 12.1 Å². The highest BCUT2D eigenvalue weighted by Gasteiger charge is 2.13. The van der Waals surface area contributed by atoms with Crippen LogP contribution < -0.4 is 11.1 Å². The van der Waals surface area contributed by atoms with E-state index in [0.29, 0.717) is 11.6 Å². The number of ether oxygens (including phenoxy) is 1. The number of halogens is 1. The average molecular weight is 303 g/mol. The van der Waals surface area contributed by atoms with Crippen molar-refractivity contribution in [1.29, 1.82) is 0 Å².